The van der Waals surface area contributed by atoms with Crippen LogP contribution in [0, 0.1) is 0 Å². The van der Waals surface area contributed by atoms with Crippen molar-refractivity contribution in [3.63, 3.8) is 0 Å². The number of hydrogen-bond acceptors (Lipinski definition) is 3. The third-order valence-corrected chi connectivity index (χ3v) is 5.24. The number of carbonyl (C=O) groups excluding carboxylic acids is 1. The lowest BCUT2D eigenvalue weighted by molar-refractivity contribution is -0.118. The molecule has 1 atom stereocenters. The molecule has 7 heteroatoms. The van der Waals surface area contributed by atoms with Crippen LogP contribution in [0.25, 0.3) is 0 Å². The van der Waals surface area contributed by atoms with Crippen molar-refractivity contribution in [3.05, 3.63) is 34.9 Å². The maximum Gasteiger partial charge on any atom is 0.236 e. The molecule has 1 aromatic carbocycles. The van der Waals surface area contributed by atoms with Crippen LogP contribution in [-0.2, 0) is 14.8 Å². The molecule has 0 saturated heterocycles. The van der Waals surface area contributed by atoms with Gasteiger partial charge in [0.15, 0.2) is 0 Å². The van der Waals surface area contributed by atoms with Crippen LogP contribution >= 0.6 is 11.6 Å². The zero-order valence-corrected chi connectivity index (χ0v) is 14.0. The maximum absolute atomic E-state index is 11.7. The Balaban J connectivity index is 2.60. The first-order chi connectivity index (χ1) is 9.76. The third kappa shape index (κ3) is 5.65. The van der Waals surface area contributed by atoms with E-state index in [1.807, 2.05) is 19.1 Å². The quantitative estimate of drug-likeness (QED) is 0.828. The van der Waals surface area contributed by atoms with Crippen LogP contribution in [0.4, 0.5) is 0 Å². The van der Waals surface area contributed by atoms with E-state index in [2.05, 4.69) is 5.32 Å². The van der Waals surface area contributed by atoms with E-state index in [0.29, 0.717) is 11.6 Å². The van der Waals surface area contributed by atoms with Crippen molar-refractivity contribution in [1.29, 1.82) is 0 Å². The molecule has 5 nitrogen and oxygen atoms in total. The Morgan fingerprint density at radius 3 is 2.33 bits per heavy atom. The van der Waals surface area contributed by atoms with Crippen molar-refractivity contribution >= 4 is 27.5 Å². The number of halogens is 1. The van der Waals surface area contributed by atoms with Crippen molar-refractivity contribution in [3.8, 4) is 0 Å². The largest absolute Gasteiger partial charge is 0.355 e. The highest BCUT2D eigenvalue weighted by Crippen LogP contribution is 2.20. The van der Waals surface area contributed by atoms with Gasteiger partial charge in [0.05, 0.1) is 0 Å². The van der Waals surface area contributed by atoms with Gasteiger partial charge in [0.25, 0.3) is 0 Å². The van der Waals surface area contributed by atoms with E-state index in [1.54, 1.807) is 12.1 Å². The van der Waals surface area contributed by atoms with E-state index in [-0.39, 0.29) is 5.92 Å². The first-order valence-corrected chi connectivity index (χ1v) is 8.67. The van der Waals surface area contributed by atoms with E-state index < -0.39 is 21.7 Å². The monoisotopic (exact) mass is 332 g/mol. The van der Waals surface area contributed by atoms with Crippen LogP contribution in [0.1, 0.15) is 24.8 Å². The highest BCUT2D eigenvalue weighted by molar-refractivity contribution is 7.89. The fraction of sp³-hybridized carbons (Fsp3) is 0.500. The number of sulfonamides is 1. The van der Waals surface area contributed by atoms with Gasteiger partial charge in [-0.05, 0) is 24.1 Å². The minimum absolute atomic E-state index is 0.133. The predicted octanol–water partition coefficient (Wildman–Crippen LogP) is 1.84. The standard InChI is InChI=1S/C14H21ClN2O3S/c1-4-11(12-5-7-13(15)8-6-12)9-16-14(18)10-21(19,20)17(2)3/h5-8,11H,4,9-10H2,1-3H3,(H,16,18). The lowest BCUT2D eigenvalue weighted by Gasteiger charge is -2.17. The van der Waals surface area contributed by atoms with E-state index in [1.165, 1.54) is 14.1 Å². The zero-order chi connectivity index (χ0) is 16.0. The molecule has 0 aromatic heterocycles. The van der Waals surface area contributed by atoms with Gasteiger partial charge in [-0.2, -0.15) is 0 Å². The summed E-state index contributed by atoms with van der Waals surface area (Å²) < 4.78 is 24.3. The molecule has 21 heavy (non-hydrogen) atoms. The molecule has 0 heterocycles. The minimum Gasteiger partial charge on any atom is -0.355 e. The van der Waals surface area contributed by atoms with Gasteiger partial charge >= 0.3 is 0 Å². The van der Waals surface area contributed by atoms with Crippen LogP contribution in [0.3, 0.4) is 0 Å². The third-order valence-electron chi connectivity index (χ3n) is 3.25. The Labute approximate surface area is 131 Å². The summed E-state index contributed by atoms with van der Waals surface area (Å²) >= 11 is 5.85. The van der Waals surface area contributed by atoms with Gasteiger partial charge < -0.3 is 5.32 Å². The van der Waals surface area contributed by atoms with Crippen LogP contribution in [-0.4, -0.2) is 45.0 Å². The number of hydrogen-bond donors (Lipinski definition) is 1. The Morgan fingerprint density at radius 1 is 1.29 bits per heavy atom. The fourth-order valence-electron chi connectivity index (χ4n) is 1.82. The topological polar surface area (TPSA) is 66.5 Å². The summed E-state index contributed by atoms with van der Waals surface area (Å²) in [4.78, 5) is 11.7. The van der Waals surface area contributed by atoms with Crippen molar-refractivity contribution in [2.45, 2.75) is 19.3 Å². The van der Waals surface area contributed by atoms with Crippen LogP contribution in [0.5, 0.6) is 0 Å². The Hall–Kier alpha value is -1.11. The van der Waals surface area contributed by atoms with E-state index in [9.17, 15) is 13.2 Å². The number of amides is 1. The van der Waals surface area contributed by atoms with Crippen molar-refractivity contribution < 1.29 is 13.2 Å². The summed E-state index contributed by atoms with van der Waals surface area (Å²) in [6.45, 7) is 2.42. The molecule has 1 N–H and O–H groups in total. The number of rotatable bonds is 7. The van der Waals surface area contributed by atoms with E-state index >= 15 is 0 Å². The van der Waals surface area contributed by atoms with E-state index in [4.69, 9.17) is 11.6 Å². The second-order valence-corrected chi connectivity index (χ2v) is 7.62. The van der Waals surface area contributed by atoms with Crippen LogP contribution in [0.2, 0.25) is 5.02 Å². The number of nitrogens with one attached hydrogen (secondary N) is 1. The van der Waals surface area contributed by atoms with Gasteiger partial charge in [0.2, 0.25) is 15.9 Å². The lowest BCUT2D eigenvalue weighted by atomic mass is 9.96. The van der Waals surface area contributed by atoms with Gasteiger partial charge in [-0.25, -0.2) is 12.7 Å². The molecule has 1 rings (SSSR count). The Morgan fingerprint density at radius 2 is 1.86 bits per heavy atom. The van der Waals surface area contributed by atoms with Gasteiger partial charge in [-0.1, -0.05) is 30.7 Å². The normalized spacial score (nSPS) is 13.2. The van der Waals surface area contributed by atoms with E-state index in [0.717, 1.165) is 16.3 Å². The molecular weight excluding hydrogens is 312 g/mol. The molecular formula is C14H21ClN2O3S. The molecule has 0 aliphatic heterocycles. The molecule has 1 unspecified atom stereocenters. The maximum atomic E-state index is 11.7. The molecule has 118 valence electrons. The number of carbonyl (C=O) groups is 1. The fourth-order valence-corrected chi connectivity index (χ4v) is 2.63. The second-order valence-electron chi connectivity index (χ2n) is 5.00. The minimum atomic E-state index is -3.52. The number of nitrogens with zero attached hydrogens (tertiary/aromatic N) is 1. The smallest absolute Gasteiger partial charge is 0.236 e. The molecule has 0 aliphatic carbocycles. The molecule has 0 saturated carbocycles. The number of benzene rings is 1. The summed E-state index contributed by atoms with van der Waals surface area (Å²) in [6, 6.07) is 7.44. The Kier molecular flexibility index (Phi) is 6.64. The van der Waals surface area contributed by atoms with Gasteiger partial charge in [0.1, 0.15) is 5.75 Å². The average molecular weight is 333 g/mol. The molecule has 0 radical (unpaired) electrons. The highest BCUT2D eigenvalue weighted by Gasteiger charge is 2.19. The first-order valence-electron chi connectivity index (χ1n) is 6.68. The second kappa shape index (κ2) is 7.77. The highest BCUT2D eigenvalue weighted by atomic mass is 35.5. The predicted molar refractivity (Wildman–Crippen MR) is 85.0 cm³/mol. The summed E-state index contributed by atoms with van der Waals surface area (Å²) in [6.07, 6.45) is 0.836. The lowest BCUT2D eigenvalue weighted by Crippen LogP contribution is -2.37. The van der Waals surface area contributed by atoms with Crippen LogP contribution < -0.4 is 5.32 Å². The zero-order valence-electron chi connectivity index (χ0n) is 12.5. The molecule has 0 aliphatic rings. The van der Waals surface area contributed by atoms with Gasteiger partial charge in [-0.3, -0.25) is 4.79 Å². The van der Waals surface area contributed by atoms with Crippen molar-refractivity contribution in [2.75, 3.05) is 26.4 Å². The van der Waals surface area contributed by atoms with Gasteiger partial charge in [-0.15, -0.1) is 0 Å². The molecule has 1 amide bonds. The van der Waals surface area contributed by atoms with Crippen molar-refractivity contribution in [1.82, 2.24) is 9.62 Å². The average Bonchev–Trinajstić information content (AvgIpc) is 2.40. The van der Waals surface area contributed by atoms with Crippen LogP contribution in [0.15, 0.2) is 24.3 Å². The summed E-state index contributed by atoms with van der Waals surface area (Å²) in [7, 11) is -0.703. The molecule has 0 spiro atoms. The summed E-state index contributed by atoms with van der Waals surface area (Å²) in [5, 5.41) is 3.34. The summed E-state index contributed by atoms with van der Waals surface area (Å²) in [5.41, 5.74) is 1.07. The molecule has 1 aromatic rings. The first kappa shape index (κ1) is 17.9. The Bertz CT molecular complexity index is 570. The van der Waals surface area contributed by atoms with Crippen molar-refractivity contribution in [2.24, 2.45) is 0 Å². The SMILES string of the molecule is CCC(CNC(=O)CS(=O)(=O)N(C)C)c1ccc(Cl)cc1. The molecule has 0 bridgehead atoms. The van der Waals surface area contributed by atoms with Gasteiger partial charge in [0, 0.05) is 31.6 Å². The molecule has 0 fully saturated rings. The summed E-state index contributed by atoms with van der Waals surface area (Å²) in [5.74, 6) is -0.888.